The molecule has 0 radical (unpaired) electrons. The number of hydrogen-bond donors (Lipinski definition) is 1. The summed E-state index contributed by atoms with van der Waals surface area (Å²) in [5.41, 5.74) is 4.06. The molecule has 1 atom stereocenters. The topological polar surface area (TPSA) is 48.1 Å². The molecule has 4 rings (SSSR count). The third kappa shape index (κ3) is 5.57. The molecule has 2 heterocycles. The zero-order valence-electron chi connectivity index (χ0n) is 18.7. The smallest absolute Gasteiger partial charge is 0.258 e. The third-order valence-electron chi connectivity index (χ3n) is 6.42. The summed E-state index contributed by atoms with van der Waals surface area (Å²) >= 11 is 0. The second-order valence-electron chi connectivity index (χ2n) is 8.67. The van der Waals surface area contributed by atoms with Crippen LogP contribution >= 0.6 is 0 Å². The highest BCUT2D eigenvalue weighted by Gasteiger charge is 2.26. The van der Waals surface area contributed by atoms with Crippen molar-refractivity contribution in [2.24, 2.45) is 0 Å². The van der Waals surface area contributed by atoms with Crippen LogP contribution in [0.2, 0.25) is 0 Å². The van der Waals surface area contributed by atoms with Crippen molar-refractivity contribution in [2.45, 2.75) is 18.9 Å². The largest absolute Gasteiger partial charge is 0.484 e. The van der Waals surface area contributed by atoms with Crippen molar-refractivity contribution in [3.8, 4) is 5.75 Å². The summed E-state index contributed by atoms with van der Waals surface area (Å²) in [4.78, 5) is 19.7. The molecule has 6 nitrogen and oxygen atoms in total. The third-order valence-corrected chi connectivity index (χ3v) is 6.42. The van der Waals surface area contributed by atoms with Crippen LogP contribution < -0.4 is 15.0 Å². The number of benzene rings is 2. The van der Waals surface area contributed by atoms with Crippen molar-refractivity contribution in [3.05, 3.63) is 59.7 Å². The van der Waals surface area contributed by atoms with Crippen LogP contribution in [0, 0.1) is 0 Å². The first-order valence-corrected chi connectivity index (χ1v) is 11.3. The molecule has 1 fully saturated rings. The molecule has 31 heavy (non-hydrogen) atoms. The number of carbonyl (C=O) groups excluding carboxylic acids is 1. The van der Waals surface area contributed by atoms with Crippen LogP contribution in [0.5, 0.6) is 5.75 Å². The average Bonchev–Trinajstić information content (AvgIpc) is 2.80. The van der Waals surface area contributed by atoms with E-state index in [4.69, 9.17) is 4.74 Å². The van der Waals surface area contributed by atoms with Gasteiger partial charge in [0.1, 0.15) is 5.75 Å². The number of amides is 1. The van der Waals surface area contributed by atoms with Gasteiger partial charge in [-0.05, 0) is 49.2 Å². The summed E-state index contributed by atoms with van der Waals surface area (Å²) in [5, 5.41) is 3.12. The van der Waals surface area contributed by atoms with Gasteiger partial charge in [-0.15, -0.1) is 0 Å². The van der Waals surface area contributed by atoms with E-state index in [1.165, 1.54) is 23.2 Å². The Balaban J connectivity index is 1.44. The lowest BCUT2D eigenvalue weighted by atomic mass is 9.95. The molecule has 0 aromatic heterocycles. The molecule has 6 heteroatoms. The standard InChI is InChI=1S/C25H34N4O2/c1-27-13-15-29(16-14-27)24(18-26-25(30)19-31-22-8-4-3-5-9-22)21-10-11-23-20(17-21)7-6-12-28(23)2/h3-5,8-11,17,24H,6-7,12-16,18-19H2,1-2H3,(H,26,30). The maximum Gasteiger partial charge on any atom is 0.258 e. The molecular weight excluding hydrogens is 388 g/mol. The fourth-order valence-corrected chi connectivity index (χ4v) is 4.53. The Morgan fingerprint density at radius 2 is 1.81 bits per heavy atom. The van der Waals surface area contributed by atoms with E-state index < -0.39 is 0 Å². The zero-order valence-corrected chi connectivity index (χ0v) is 18.7. The first kappa shape index (κ1) is 21.7. The number of hydrogen-bond acceptors (Lipinski definition) is 5. The monoisotopic (exact) mass is 422 g/mol. The summed E-state index contributed by atoms with van der Waals surface area (Å²) in [6, 6.07) is 16.5. The lowest BCUT2D eigenvalue weighted by Gasteiger charge is -2.39. The van der Waals surface area contributed by atoms with Crippen molar-refractivity contribution in [1.82, 2.24) is 15.1 Å². The highest BCUT2D eigenvalue weighted by molar-refractivity contribution is 5.77. The number of piperazine rings is 1. The number of nitrogens with zero attached hydrogens (tertiary/aromatic N) is 3. The van der Waals surface area contributed by atoms with Gasteiger partial charge in [0.25, 0.3) is 5.91 Å². The maximum atomic E-state index is 12.5. The average molecular weight is 423 g/mol. The van der Waals surface area contributed by atoms with Gasteiger partial charge in [0.05, 0.1) is 6.04 Å². The summed E-state index contributed by atoms with van der Waals surface area (Å²) in [5.74, 6) is 0.632. The molecule has 2 aliphatic rings. The molecule has 1 unspecified atom stereocenters. The number of anilines is 1. The number of nitrogens with one attached hydrogen (secondary N) is 1. The van der Waals surface area contributed by atoms with E-state index in [0.717, 1.165) is 39.1 Å². The van der Waals surface area contributed by atoms with E-state index >= 15 is 0 Å². The number of ether oxygens (including phenoxy) is 1. The Hall–Kier alpha value is -2.57. The van der Waals surface area contributed by atoms with Crippen LogP contribution in [-0.2, 0) is 11.2 Å². The van der Waals surface area contributed by atoms with Gasteiger partial charge in [-0.25, -0.2) is 0 Å². The molecule has 2 aromatic carbocycles. The zero-order chi connectivity index (χ0) is 21.6. The lowest BCUT2D eigenvalue weighted by molar-refractivity contribution is -0.123. The fourth-order valence-electron chi connectivity index (χ4n) is 4.53. The molecule has 0 aliphatic carbocycles. The van der Waals surface area contributed by atoms with Crippen LogP contribution in [0.3, 0.4) is 0 Å². The Morgan fingerprint density at radius 1 is 1.03 bits per heavy atom. The predicted molar refractivity (Wildman–Crippen MR) is 125 cm³/mol. The van der Waals surface area contributed by atoms with Crippen LogP contribution in [0.1, 0.15) is 23.6 Å². The fraction of sp³-hybridized carbons (Fsp3) is 0.480. The van der Waals surface area contributed by atoms with Crippen LogP contribution in [-0.4, -0.2) is 75.7 Å². The van der Waals surface area contributed by atoms with E-state index in [0.29, 0.717) is 12.3 Å². The predicted octanol–water partition coefficient (Wildman–Crippen LogP) is 2.55. The summed E-state index contributed by atoms with van der Waals surface area (Å²) in [7, 11) is 4.34. The Labute approximate surface area is 185 Å². The quantitative estimate of drug-likeness (QED) is 0.743. The number of aryl methyl sites for hydroxylation is 1. The van der Waals surface area contributed by atoms with Crippen LogP contribution in [0.25, 0.3) is 0 Å². The minimum absolute atomic E-state index is 0.0362. The molecule has 0 spiro atoms. The minimum atomic E-state index is -0.0827. The van der Waals surface area contributed by atoms with Gasteiger partial charge in [0.15, 0.2) is 6.61 Å². The van der Waals surface area contributed by atoms with Gasteiger partial charge in [0, 0.05) is 52.0 Å². The Kier molecular flexibility index (Phi) is 7.10. The normalized spacial score (nSPS) is 18.3. The second kappa shape index (κ2) is 10.2. The Morgan fingerprint density at radius 3 is 2.58 bits per heavy atom. The number of rotatable bonds is 7. The first-order chi connectivity index (χ1) is 15.1. The highest BCUT2D eigenvalue weighted by Crippen LogP contribution is 2.31. The molecular formula is C25H34N4O2. The molecule has 0 saturated carbocycles. The number of likely N-dealkylation sites (N-methyl/N-ethyl adjacent to an activating group) is 1. The molecule has 1 saturated heterocycles. The van der Waals surface area contributed by atoms with E-state index in [1.807, 2.05) is 30.3 Å². The highest BCUT2D eigenvalue weighted by atomic mass is 16.5. The van der Waals surface area contributed by atoms with Crippen molar-refractivity contribution < 1.29 is 9.53 Å². The summed E-state index contributed by atoms with van der Waals surface area (Å²) in [6.45, 7) is 5.86. The minimum Gasteiger partial charge on any atom is -0.484 e. The number of para-hydroxylation sites is 1. The van der Waals surface area contributed by atoms with Crippen LogP contribution in [0.4, 0.5) is 5.69 Å². The van der Waals surface area contributed by atoms with Gasteiger partial charge in [-0.1, -0.05) is 30.3 Å². The SMILES string of the molecule is CN1CCN(C(CNC(=O)COc2ccccc2)c2ccc3c(c2)CCCN3C)CC1. The lowest BCUT2D eigenvalue weighted by Crippen LogP contribution is -2.48. The van der Waals surface area contributed by atoms with Crippen LogP contribution in [0.15, 0.2) is 48.5 Å². The maximum absolute atomic E-state index is 12.5. The molecule has 0 bridgehead atoms. The molecule has 2 aliphatic heterocycles. The van der Waals surface area contributed by atoms with Gasteiger partial charge >= 0.3 is 0 Å². The first-order valence-electron chi connectivity index (χ1n) is 11.3. The van der Waals surface area contributed by atoms with Crippen molar-refractivity contribution in [3.63, 3.8) is 0 Å². The molecule has 1 N–H and O–H groups in total. The van der Waals surface area contributed by atoms with E-state index in [2.05, 4.69) is 52.3 Å². The summed E-state index contributed by atoms with van der Waals surface area (Å²) in [6.07, 6.45) is 2.32. The van der Waals surface area contributed by atoms with E-state index in [9.17, 15) is 4.79 Å². The van der Waals surface area contributed by atoms with Gasteiger partial charge in [-0.2, -0.15) is 0 Å². The number of carbonyl (C=O) groups is 1. The van der Waals surface area contributed by atoms with E-state index in [1.54, 1.807) is 0 Å². The molecule has 1 amide bonds. The number of fused-ring (bicyclic) bond motifs is 1. The van der Waals surface area contributed by atoms with Crippen molar-refractivity contribution >= 4 is 11.6 Å². The second-order valence-corrected chi connectivity index (χ2v) is 8.67. The van der Waals surface area contributed by atoms with Gasteiger partial charge < -0.3 is 19.9 Å². The van der Waals surface area contributed by atoms with Crippen molar-refractivity contribution in [2.75, 3.05) is 64.9 Å². The summed E-state index contributed by atoms with van der Waals surface area (Å²) < 4.78 is 5.61. The molecule has 2 aromatic rings. The van der Waals surface area contributed by atoms with Gasteiger partial charge in [0.2, 0.25) is 0 Å². The van der Waals surface area contributed by atoms with Crippen molar-refractivity contribution in [1.29, 1.82) is 0 Å². The molecule has 166 valence electrons. The van der Waals surface area contributed by atoms with Gasteiger partial charge in [-0.3, -0.25) is 9.69 Å². The Bertz CT molecular complexity index is 865. The van der Waals surface area contributed by atoms with E-state index in [-0.39, 0.29) is 18.6 Å².